The van der Waals surface area contributed by atoms with Crippen molar-refractivity contribution in [3.05, 3.63) is 0 Å². The van der Waals surface area contributed by atoms with Gasteiger partial charge in [0.2, 0.25) is 0 Å². The van der Waals surface area contributed by atoms with Crippen LogP contribution in [-0.4, -0.2) is 25.8 Å². The van der Waals surface area contributed by atoms with E-state index >= 15 is 0 Å². The Bertz CT molecular complexity index is 132. The quantitative estimate of drug-likeness (QED) is 0.435. The first kappa shape index (κ1) is 14.6. The van der Waals surface area contributed by atoms with Crippen LogP contribution in [0.15, 0.2) is 0 Å². The number of rotatable bonds is 2. The van der Waals surface area contributed by atoms with E-state index in [4.69, 9.17) is 0 Å². The van der Waals surface area contributed by atoms with Crippen LogP contribution in [0, 0.1) is 0 Å². The first-order chi connectivity index (χ1) is 4.86. The van der Waals surface area contributed by atoms with Crippen molar-refractivity contribution in [1.29, 1.82) is 0 Å². The predicted octanol–water partition coefficient (Wildman–Crippen LogP) is 3.13. The summed E-state index contributed by atoms with van der Waals surface area (Å²) in [4.78, 5) is 9.40. The second-order valence-corrected chi connectivity index (χ2v) is 7.38. The normalized spacial score (nSPS) is 16.6. The molecule has 12 heavy (non-hydrogen) atoms. The van der Waals surface area contributed by atoms with Crippen molar-refractivity contribution in [3.8, 4) is 0 Å². The Balaban J connectivity index is 0. The van der Waals surface area contributed by atoms with Crippen LogP contribution in [0.1, 0.15) is 19.8 Å². The van der Waals surface area contributed by atoms with Crippen molar-refractivity contribution < 1.29 is 21.7 Å². The molecule has 0 aromatic heterocycles. The van der Waals surface area contributed by atoms with E-state index in [9.17, 15) is 21.7 Å². The van der Waals surface area contributed by atoms with Gasteiger partial charge in [-0.05, 0) is 6.42 Å². The topological polar surface area (TPSA) is 17.1 Å². The number of carbonyl (C=O) groups is 1. The van der Waals surface area contributed by atoms with Gasteiger partial charge in [0.05, 0.1) is 0 Å². The van der Waals surface area contributed by atoms with Crippen LogP contribution in [0.5, 0.6) is 0 Å². The molecule has 0 fully saturated rings. The minimum absolute atomic E-state index is 0.708. The fourth-order valence-corrected chi connectivity index (χ4v) is 0.118. The average molecular weight is 308 g/mol. The van der Waals surface area contributed by atoms with Gasteiger partial charge in [0, 0.05) is 6.42 Å². The Morgan fingerprint density at radius 2 is 1.33 bits per heavy atom. The summed E-state index contributed by atoms with van der Waals surface area (Å²) in [6.45, 7) is 1.98. The molecule has 0 heterocycles. The van der Waals surface area contributed by atoms with Gasteiger partial charge in [-0.2, -0.15) is 0 Å². The molecule has 0 radical (unpaired) electrons. The molecule has 78 valence electrons. The van der Waals surface area contributed by atoms with E-state index < -0.39 is 19.5 Å². The zero-order valence-corrected chi connectivity index (χ0v) is 8.67. The van der Waals surface area contributed by atoms with Gasteiger partial charge in [0.15, 0.2) is 0 Å². The van der Waals surface area contributed by atoms with Crippen LogP contribution in [-0.2, 0) is 4.79 Å². The maximum atomic E-state index is 9.93. The molecule has 0 aromatic carbocycles. The molecule has 0 aliphatic carbocycles. The van der Waals surface area contributed by atoms with Crippen molar-refractivity contribution in [2.45, 2.75) is 19.8 Å². The zero-order valence-electron chi connectivity index (χ0n) is 6.11. The third kappa shape index (κ3) is 194. The Hall–Kier alpha value is 0.0682. The van der Waals surface area contributed by atoms with Crippen molar-refractivity contribution in [2.75, 3.05) is 0 Å². The number of carbonyl (C=O) groups excluding carboxylic acids is 1. The maximum absolute atomic E-state index is 11.2. The molecule has 1 nitrogen and oxygen atoms in total. The molecule has 0 rings (SSSR count). The number of unbranched alkanes of at least 4 members (excludes halogenated alkanes) is 1. The minimum atomic E-state index is -11.2. The molecular weight excluding hydrogens is 300 g/mol. The second kappa shape index (κ2) is 3.44. The summed E-state index contributed by atoms with van der Waals surface area (Å²) in [5.74, 6) is 0. The van der Waals surface area contributed by atoms with Crippen LogP contribution in [0.3, 0.4) is 0 Å². The number of hydrogen-bond donors (Lipinski definition) is 0. The number of aldehydes is 1. The predicted molar refractivity (Wildman–Crippen MR) is 33.4 cm³/mol. The fourth-order valence-electron chi connectivity index (χ4n) is 0.118. The van der Waals surface area contributed by atoms with E-state index in [1.54, 1.807) is 0 Å². The van der Waals surface area contributed by atoms with Crippen molar-refractivity contribution in [1.82, 2.24) is 0 Å². The Morgan fingerprint density at radius 1 is 1.08 bits per heavy atom. The van der Waals surface area contributed by atoms with Crippen molar-refractivity contribution in [2.24, 2.45) is 0 Å². The summed E-state index contributed by atoms with van der Waals surface area (Å²) in [6.07, 6.45) is 2.61. The van der Waals surface area contributed by atoms with E-state index in [0.29, 0.717) is 6.42 Å². The molecular formula is C4H8F6OSb-. The summed E-state index contributed by atoms with van der Waals surface area (Å²) in [5.41, 5.74) is 0. The van der Waals surface area contributed by atoms with Crippen LogP contribution >= 0.6 is 0 Å². The molecule has 0 saturated carbocycles. The molecule has 0 atom stereocenters. The summed E-state index contributed by atoms with van der Waals surface area (Å²) < 4.78 is 59.6. The molecule has 0 saturated heterocycles. The van der Waals surface area contributed by atoms with E-state index in [2.05, 4.69) is 0 Å². The standard InChI is InChI=1S/C4H8O.6FH.Sb/c1-2-3-4-5;;;;;;;/h4H,2-3H2,1H3;6*1H;/q;;;;;;;+5/p-6. The van der Waals surface area contributed by atoms with Crippen molar-refractivity contribution >= 4 is 25.8 Å². The van der Waals surface area contributed by atoms with Gasteiger partial charge >= 0.3 is 36.4 Å². The molecule has 8 heteroatoms. The molecule has 0 unspecified atom stereocenters. The number of halogens is 6. The van der Waals surface area contributed by atoms with Crippen LogP contribution < -0.4 is 0 Å². The molecule has 0 N–H and O–H groups in total. The SMILES string of the molecule is CCCC=O.[F][Sb-]([F])([F])([F])([F])[F]. The summed E-state index contributed by atoms with van der Waals surface area (Å²) in [7, 11) is 0. The van der Waals surface area contributed by atoms with E-state index in [0.717, 1.165) is 12.7 Å². The summed E-state index contributed by atoms with van der Waals surface area (Å²) in [6, 6.07) is 0. The summed E-state index contributed by atoms with van der Waals surface area (Å²) in [5, 5.41) is 0. The van der Waals surface area contributed by atoms with Gasteiger partial charge in [-0.3, -0.25) is 0 Å². The van der Waals surface area contributed by atoms with E-state index in [1.807, 2.05) is 6.92 Å². The second-order valence-electron chi connectivity index (χ2n) is 1.91. The van der Waals surface area contributed by atoms with Gasteiger partial charge in [-0.1, -0.05) is 6.92 Å². The van der Waals surface area contributed by atoms with E-state index in [-0.39, 0.29) is 0 Å². The third-order valence-electron chi connectivity index (χ3n) is 0.407. The molecule has 0 bridgehead atoms. The van der Waals surface area contributed by atoms with Crippen LogP contribution in [0.2, 0.25) is 0 Å². The van der Waals surface area contributed by atoms with Crippen molar-refractivity contribution in [3.63, 3.8) is 0 Å². The van der Waals surface area contributed by atoms with Gasteiger partial charge in [0.25, 0.3) is 0 Å². The Labute approximate surface area is 67.6 Å². The van der Waals surface area contributed by atoms with Gasteiger partial charge in [0.1, 0.15) is 6.29 Å². The van der Waals surface area contributed by atoms with Gasteiger partial charge in [-0.25, -0.2) is 0 Å². The van der Waals surface area contributed by atoms with Gasteiger partial charge < -0.3 is 4.79 Å². The molecule has 0 aliphatic heterocycles. The first-order valence-electron chi connectivity index (χ1n) is 2.87. The van der Waals surface area contributed by atoms with Gasteiger partial charge in [-0.15, -0.1) is 0 Å². The number of hydrogen-bond acceptors (Lipinski definition) is 1. The van der Waals surface area contributed by atoms with Crippen LogP contribution in [0.25, 0.3) is 0 Å². The third-order valence-corrected chi connectivity index (χ3v) is 0.407. The van der Waals surface area contributed by atoms with Crippen LogP contribution in [0.4, 0.5) is 16.9 Å². The molecule has 0 aliphatic rings. The summed E-state index contributed by atoms with van der Waals surface area (Å²) >= 11 is -11.2. The molecule has 0 amide bonds. The Kier molecular flexibility index (Phi) is 4.18. The van der Waals surface area contributed by atoms with E-state index in [1.165, 1.54) is 0 Å². The Morgan fingerprint density at radius 3 is 1.33 bits per heavy atom. The fraction of sp³-hybridized carbons (Fsp3) is 0.750. The average Bonchev–Trinajstić information content (AvgIpc) is 1.58. The monoisotopic (exact) mass is 307 g/mol. The first-order valence-corrected chi connectivity index (χ1v) is 8.65. The molecule has 0 aromatic rings. The molecule has 0 spiro atoms. The zero-order chi connectivity index (χ0) is 10.5.